The molecule has 2 aromatic carbocycles. The second-order valence-electron chi connectivity index (χ2n) is 8.06. The molecule has 0 radical (unpaired) electrons. The number of hydrogen-bond acceptors (Lipinski definition) is 4. The van der Waals surface area contributed by atoms with Gasteiger partial charge in [-0.15, -0.1) is 0 Å². The lowest BCUT2D eigenvalue weighted by molar-refractivity contribution is 0.740. The van der Waals surface area contributed by atoms with E-state index in [4.69, 9.17) is 18.0 Å². The van der Waals surface area contributed by atoms with Crippen molar-refractivity contribution in [2.75, 3.05) is 23.7 Å². The number of aromatic amines is 1. The van der Waals surface area contributed by atoms with Crippen LogP contribution in [0.1, 0.15) is 57.2 Å². The van der Waals surface area contributed by atoms with Gasteiger partial charge in [0.2, 0.25) is 0 Å². The third-order valence-corrected chi connectivity index (χ3v) is 6.11. The fourth-order valence-electron chi connectivity index (χ4n) is 4.24. The lowest BCUT2D eigenvalue weighted by Gasteiger charge is -2.27. The number of H-pyrrole nitrogens is 1. The first kappa shape index (κ1) is 23.1. The molecule has 0 spiro atoms. The Morgan fingerprint density at radius 1 is 1.00 bits per heavy atom. The van der Waals surface area contributed by atoms with Crippen LogP contribution in [0, 0.1) is 11.7 Å². The Morgan fingerprint density at radius 3 is 2.29 bits per heavy atom. The van der Waals surface area contributed by atoms with Crippen molar-refractivity contribution in [1.29, 1.82) is 0 Å². The first-order chi connectivity index (χ1) is 14.9. The van der Waals surface area contributed by atoms with Crippen LogP contribution in [0.5, 0.6) is 0 Å². The minimum Gasteiger partial charge on any atom is -0.398 e. The molecule has 0 aliphatic carbocycles. The van der Waals surface area contributed by atoms with Crippen molar-refractivity contribution in [2.45, 2.75) is 60.3 Å². The maximum absolute atomic E-state index is 6.43. The molecule has 0 bridgehead atoms. The molecule has 0 saturated heterocycles. The first-order valence-corrected chi connectivity index (χ1v) is 11.8. The molecule has 166 valence electrons. The molecule has 3 N–H and O–H groups in total. The summed E-state index contributed by atoms with van der Waals surface area (Å²) in [6, 6.07) is 10.8. The number of nitrogens with zero attached hydrogens (tertiary/aromatic N) is 3. The van der Waals surface area contributed by atoms with E-state index >= 15 is 0 Å². The second-order valence-corrected chi connectivity index (χ2v) is 8.45. The molecule has 6 heteroatoms. The average molecular weight is 438 g/mol. The summed E-state index contributed by atoms with van der Waals surface area (Å²) in [4.78, 5) is 2.49. The third-order valence-electron chi connectivity index (χ3n) is 5.84. The standard InChI is InChI=1S/C25H35N5S/c1-6-12-29(13-7-2)23-16-20(11-10-18(23)8-3)30-24(27-28-25(30)31)21-15-19(9-4)17(5)14-22(21)26/h10-11,14-16H,6-9,12-13,26H2,1-5H3,(H,28,31). The van der Waals surface area contributed by atoms with Gasteiger partial charge < -0.3 is 10.6 Å². The largest absolute Gasteiger partial charge is 0.398 e. The average Bonchev–Trinajstić information content (AvgIpc) is 3.14. The van der Waals surface area contributed by atoms with Gasteiger partial charge in [-0.25, -0.2) is 0 Å². The van der Waals surface area contributed by atoms with Crippen molar-refractivity contribution in [3.05, 3.63) is 51.8 Å². The van der Waals surface area contributed by atoms with E-state index in [1.54, 1.807) is 0 Å². The number of nitrogens with two attached hydrogens (primary N) is 1. The number of rotatable bonds is 9. The quantitative estimate of drug-likeness (QED) is 0.307. The van der Waals surface area contributed by atoms with E-state index in [-0.39, 0.29) is 0 Å². The molecule has 5 nitrogen and oxygen atoms in total. The van der Waals surface area contributed by atoms with Crippen molar-refractivity contribution in [3.63, 3.8) is 0 Å². The Labute approximate surface area is 191 Å². The predicted octanol–water partition coefficient (Wildman–Crippen LogP) is 6.24. The Kier molecular flexibility index (Phi) is 7.55. The van der Waals surface area contributed by atoms with Gasteiger partial charge in [-0.3, -0.25) is 9.67 Å². The van der Waals surface area contributed by atoms with Crippen molar-refractivity contribution in [2.24, 2.45) is 0 Å². The van der Waals surface area contributed by atoms with Crippen molar-refractivity contribution in [3.8, 4) is 17.1 Å². The minimum absolute atomic E-state index is 0.570. The summed E-state index contributed by atoms with van der Waals surface area (Å²) in [7, 11) is 0. The molecule has 0 amide bonds. The monoisotopic (exact) mass is 437 g/mol. The molecule has 31 heavy (non-hydrogen) atoms. The highest BCUT2D eigenvalue weighted by Gasteiger charge is 2.17. The number of aryl methyl sites for hydroxylation is 3. The van der Waals surface area contributed by atoms with E-state index in [1.807, 2.05) is 10.6 Å². The summed E-state index contributed by atoms with van der Waals surface area (Å²) in [5.74, 6) is 0.755. The number of nitrogen functional groups attached to an aromatic ring is 1. The summed E-state index contributed by atoms with van der Waals surface area (Å²) in [6.45, 7) is 13.0. The van der Waals surface area contributed by atoms with E-state index in [1.165, 1.54) is 22.4 Å². The van der Waals surface area contributed by atoms with Gasteiger partial charge in [0.1, 0.15) is 0 Å². The highest BCUT2D eigenvalue weighted by molar-refractivity contribution is 7.71. The first-order valence-electron chi connectivity index (χ1n) is 11.4. The van der Waals surface area contributed by atoms with Crippen molar-refractivity contribution >= 4 is 23.6 Å². The zero-order valence-corrected chi connectivity index (χ0v) is 20.3. The predicted molar refractivity (Wildman–Crippen MR) is 135 cm³/mol. The topological polar surface area (TPSA) is 62.9 Å². The van der Waals surface area contributed by atoms with Gasteiger partial charge >= 0.3 is 0 Å². The number of hydrogen-bond donors (Lipinski definition) is 2. The fourth-order valence-corrected chi connectivity index (χ4v) is 4.48. The van der Waals surface area contributed by atoms with Gasteiger partial charge in [-0.2, -0.15) is 5.10 Å². The third kappa shape index (κ3) is 4.69. The highest BCUT2D eigenvalue weighted by atomic mass is 32.1. The van der Waals surface area contributed by atoms with Crippen LogP contribution in [0.3, 0.4) is 0 Å². The molecule has 0 atom stereocenters. The lowest BCUT2D eigenvalue weighted by atomic mass is 10.0. The number of nitrogens with one attached hydrogen (secondary N) is 1. The van der Waals surface area contributed by atoms with Crippen LogP contribution in [0.15, 0.2) is 30.3 Å². The van der Waals surface area contributed by atoms with Crippen LogP contribution in [-0.4, -0.2) is 27.9 Å². The van der Waals surface area contributed by atoms with Crippen LogP contribution >= 0.6 is 12.2 Å². The van der Waals surface area contributed by atoms with E-state index in [9.17, 15) is 0 Å². The summed E-state index contributed by atoms with van der Waals surface area (Å²) in [5.41, 5.74) is 14.2. The Hall–Kier alpha value is -2.60. The van der Waals surface area contributed by atoms with Crippen molar-refractivity contribution < 1.29 is 0 Å². The molecular weight excluding hydrogens is 402 g/mol. The molecule has 3 rings (SSSR count). The smallest absolute Gasteiger partial charge is 0.200 e. The van der Waals surface area contributed by atoms with E-state index in [0.717, 1.165) is 55.8 Å². The molecule has 0 saturated carbocycles. The van der Waals surface area contributed by atoms with Gasteiger partial charge in [0.15, 0.2) is 10.6 Å². The van der Waals surface area contributed by atoms with E-state index < -0.39 is 0 Å². The molecule has 0 unspecified atom stereocenters. The molecular formula is C25H35N5S. The number of anilines is 2. The van der Waals surface area contributed by atoms with Crippen LogP contribution < -0.4 is 10.6 Å². The van der Waals surface area contributed by atoms with Gasteiger partial charge in [0.25, 0.3) is 0 Å². The van der Waals surface area contributed by atoms with Crippen LogP contribution in [0.25, 0.3) is 17.1 Å². The number of aromatic nitrogens is 3. The molecule has 3 aromatic rings. The highest BCUT2D eigenvalue weighted by Crippen LogP contribution is 2.32. The van der Waals surface area contributed by atoms with E-state index in [0.29, 0.717) is 10.5 Å². The molecule has 0 aliphatic heterocycles. The summed E-state index contributed by atoms with van der Waals surface area (Å²) < 4.78 is 2.58. The Bertz CT molecular complexity index is 1090. The van der Waals surface area contributed by atoms with Crippen LogP contribution in [0.2, 0.25) is 0 Å². The maximum Gasteiger partial charge on any atom is 0.200 e. The normalized spacial score (nSPS) is 11.1. The Morgan fingerprint density at radius 2 is 1.68 bits per heavy atom. The second kappa shape index (κ2) is 10.1. The van der Waals surface area contributed by atoms with Crippen molar-refractivity contribution in [1.82, 2.24) is 14.8 Å². The summed E-state index contributed by atoms with van der Waals surface area (Å²) in [5, 5.41) is 7.56. The SMILES string of the molecule is CCCN(CCC)c1cc(-n2c(-c3cc(CC)c(C)cc3N)n[nH]c2=S)ccc1CC. The zero-order chi connectivity index (χ0) is 22.5. The maximum atomic E-state index is 6.43. The van der Waals surface area contributed by atoms with Crippen LogP contribution in [-0.2, 0) is 12.8 Å². The van der Waals surface area contributed by atoms with Gasteiger partial charge in [-0.05, 0) is 85.8 Å². The van der Waals surface area contributed by atoms with Crippen LogP contribution in [0.4, 0.5) is 11.4 Å². The van der Waals surface area contributed by atoms with E-state index in [2.05, 4.69) is 74.0 Å². The molecule has 1 heterocycles. The lowest BCUT2D eigenvalue weighted by Crippen LogP contribution is -2.26. The molecule has 0 aliphatic rings. The van der Waals surface area contributed by atoms with Gasteiger partial charge in [0.05, 0.1) is 5.69 Å². The minimum atomic E-state index is 0.570. The summed E-state index contributed by atoms with van der Waals surface area (Å²) in [6.07, 6.45) is 4.17. The zero-order valence-electron chi connectivity index (χ0n) is 19.5. The van der Waals surface area contributed by atoms with Gasteiger partial charge in [-0.1, -0.05) is 33.8 Å². The summed E-state index contributed by atoms with van der Waals surface area (Å²) >= 11 is 5.65. The Balaban J connectivity index is 2.19. The molecule has 1 aromatic heterocycles. The number of benzene rings is 2. The fraction of sp³-hybridized carbons (Fsp3) is 0.440. The van der Waals surface area contributed by atoms with Gasteiger partial charge in [0, 0.05) is 30.0 Å². The molecule has 0 fully saturated rings.